The Hall–Kier alpha value is -3.43. The van der Waals surface area contributed by atoms with Gasteiger partial charge < -0.3 is 14.5 Å². The minimum Gasteiger partial charge on any atom is -0.478 e. The molecule has 0 aliphatic heterocycles. The molecule has 0 unspecified atom stereocenters. The fourth-order valence-corrected chi connectivity index (χ4v) is 3.22. The maximum Gasteiger partial charge on any atom is 0.335 e. The molecule has 0 saturated carbocycles. The number of rotatable bonds is 4. The maximum absolute atomic E-state index is 11.5. The Morgan fingerprint density at radius 1 is 1.04 bits per heavy atom. The van der Waals surface area contributed by atoms with Crippen molar-refractivity contribution in [2.45, 2.75) is 4.90 Å². The molecule has 0 fully saturated rings. The van der Waals surface area contributed by atoms with Crippen molar-refractivity contribution in [3.8, 4) is 22.9 Å². The zero-order chi connectivity index (χ0) is 19.2. The number of hydrogen-bond acceptors (Lipinski definition) is 5. The Labute approximate surface area is 153 Å². The SMILES string of the molecule is NS(=O)(=O)c1ccc2nc(-c3ccc(-c4ccc(C(=O)O)cc4)o3)[nH]c2c1. The molecule has 4 N–H and O–H groups in total. The van der Waals surface area contributed by atoms with Crippen LogP contribution in [0.1, 0.15) is 10.4 Å². The lowest BCUT2D eigenvalue weighted by molar-refractivity contribution is 0.0697. The molecule has 0 aliphatic carbocycles. The lowest BCUT2D eigenvalue weighted by atomic mass is 10.1. The predicted molar refractivity (Wildman–Crippen MR) is 97.6 cm³/mol. The predicted octanol–water partition coefficient (Wildman–Crippen LogP) is 2.84. The average Bonchev–Trinajstić information content (AvgIpc) is 3.27. The molecule has 0 aliphatic rings. The summed E-state index contributed by atoms with van der Waals surface area (Å²) < 4.78 is 28.7. The van der Waals surface area contributed by atoms with Gasteiger partial charge in [-0.15, -0.1) is 0 Å². The zero-order valence-electron chi connectivity index (χ0n) is 13.7. The van der Waals surface area contributed by atoms with Crippen LogP contribution in [0, 0.1) is 0 Å². The molecule has 136 valence electrons. The fourth-order valence-electron chi connectivity index (χ4n) is 2.68. The van der Waals surface area contributed by atoms with Crippen LogP contribution in [0.25, 0.3) is 33.9 Å². The molecular formula is C18H13N3O5S. The molecule has 0 spiro atoms. The summed E-state index contributed by atoms with van der Waals surface area (Å²) in [6, 6.07) is 14.1. The molecular weight excluding hydrogens is 370 g/mol. The Morgan fingerprint density at radius 2 is 1.74 bits per heavy atom. The molecule has 8 nitrogen and oxygen atoms in total. The first-order chi connectivity index (χ1) is 12.8. The number of H-pyrrole nitrogens is 1. The number of carboxylic acids is 1. The Kier molecular flexibility index (Phi) is 3.83. The smallest absolute Gasteiger partial charge is 0.335 e. The maximum atomic E-state index is 11.5. The second-order valence-electron chi connectivity index (χ2n) is 5.86. The van der Waals surface area contributed by atoms with Gasteiger partial charge >= 0.3 is 5.97 Å². The standard InChI is InChI=1S/C18H13N3O5S/c19-27(24,25)12-5-6-13-14(9-12)21-17(20-13)16-8-7-15(26-16)10-1-3-11(4-2-10)18(22)23/h1-9H,(H,20,21)(H,22,23)(H2,19,24,25). The van der Waals surface area contributed by atoms with Crippen LogP contribution in [0.3, 0.4) is 0 Å². The summed E-state index contributed by atoms with van der Waals surface area (Å²) in [5.74, 6) is 0.445. The van der Waals surface area contributed by atoms with Gasteiger partial charge in [-0.3, -0.25) is 0 Å². The molecule has 9 heteroatoms. The van der Waals surface area contributed by atoms with Gasteiger partial charge in [0.1, 0.15) is 5.76 Å². The van der Waals surface area contributed by atoms with Crippen LogP contribution in [-0.2, 0) is 10.0 Å². The quantitative estimate of drug-likeness (QED) is 0.495. The fraction of sp³-hybridized carbons (Fsp3) is 0. The van der Waals surface area contributed by atoms with Crippen LogP contribution in [0.4, 0.5) is 0 Å². The number of sulfonamides is 1. The van der Waals surface area contributed by atoms with Crippen LogP contribution in [0.2, 0.25) is 0 Å². The van der Waals surface area contributed by atoms with Gasteiger partial charge in [-0.1, -0.05) is 12.1 Å². The number of imidazole rings is 1. The molecule has 4 aromatic rings. The Balaban J connectivity index is 1.69. The molecule has 0 radical (unpaired) electrons. The van der Waals surface area contributed by atoms with Gasteiger partial charge in [0, 0.05) is 5.56 Å². The van der Waals surface area contributed by atoms with E-state index in [9.17, 15) is 13.2 Å². The van der Waals surface area contributed by atoms with E-state index in [1.165, 1.54) is 24.3 Å². The lowest BCUT2D eigenvalue weighted by Crippen LogP contribution is -2.11. The first-order valence-electron chi connectivity index (χ1n) is 7.78. The third-order valence-electron chi connectivity index (χ3n) is 4.04. The summed E-state index contributed by atoms with van der Waals surface area (Å²) in [5.41, 5.74) is 1.99. The first kappa shape index (κ1) is 17.0. The van der Waals surface area contributed by atoms with Crippen molar-refractivity contribution in [2.24, 2.45) is 5.14 Å². The van der Waals surface area contributed by atoms with Crippen LogP contribution in [0.15, 0.2) is 63.9 Å². The number of aromatic amines is 1. The minimum absolute atomic E-state index is 0.0103. The van der Waals surface area contributed by atoms with Crippen molar-refractivity contribution in [2.75, 3.05) is 0 Å². The van der Waals surface area contributed by atoms with E-state index in [-0.39, 0.29) is 10.5 Å². The van der Waals surface area contributed by atoms with E-state index in [0.29, 0.717) is 28.4 Å². The highest BCUT2D eigenvalue weighted by Gasteiger charge is 2.14. The number of furan rings is 1. The second-order valence-corrected chi connectivity index (χ2v) is 7.42. The molecule has 2 heterocycles. The van der Waals surface area contributed by atoms with E-state index < -0.39 is 16.0 Å². The first-order valence-corrected chi connectivity index (χ1v) is 9.32. The molecule has 27 heavy (non-hydrogen) atoms. The van der Waals surface area contributed by atoms with Crippen molar-refractivity contribution in [3.63, 3.8) is 0 Å². The summed E-state index contributed by atoms with van der Waals surface area (Å²) in [7, 11) is -3.80. The number of aromatic nitrogens is 2. The average molecular weight is 383 g/mol. The topological polar surface area (TPSA) is 139 Å². The third kappa shape index (κ3) is 3.21. The molecule has 2 aromatic carbocycles. The second kappa shape index (κ2) is 6.08. The van der Waals surface area contributed by atoms with Crippen molar-refractivity contribution < 1.29 is 22.7 Å². The van der Waals surface area contributed by atoms with E-state index in [0.717, 1.165) is 5.56 Å². The highest BCUT2D eigenvalue weighted by Crippen LogP contribution is 2.29. The van der Waals surface area contributed by atoms with Gasteiger partial charge in [0.15, 0.2) is 11.6 Å². The van der Waals surface area contributed by atoms with E-state index >= 15 is 0 Å². The van der Waals surface area contributed by atoms with E-state index in [1.54, 1.807) is 30.3 Å². The number of primary sulfonamides is 1. The van der Waals surface area contributed by atoms with Gasteiger partial charge in [0.25, 0.3) is 0 Å². The van der Waals surface area contributed by atoms with Gasteiger partial charge in [0.2, 0.25) is 10.0 Å². The summed E-state index contributed by atoms with van der Waals surface area (Å²) in [6.45, 7) is 0. The third-order valence-corrected chi connectivity index (χ3v) is 4.95. The van der Waals surface area contributed by atoms with E-state index in [2.05, 4.69) is 9.97 Å². The number of nitrogens with two attached hydrogens (primary N) is 1. The normalized spacial score (nSPS) is 11.7. The van der Waals surface area contributed by atoms with Gasteiger partial charge in [-0.05, 0) is 42.5 Å². The van der Waals surface area contributed by atoms with Crippen LogP contribution < -0.4 is 5.14 Å². The van der Waals surface area contributed by atoms with Gasteiger partial charge in [-0.25, -0.2) is 23.3 Å². The number of aromatic carboxylic acids is 1. The lowest BCUT2D eigenvalue weighted by Gasteiger charge is -1.98. The number of nitrogens with zero attached hydrogens (tertiary/aromatic N) is 1. The van der Waals surface area contributed by atoms with E-state index in [4.69, 9.17) is 14.7 Å². The summed E-state index contributed by atoms with van der Waals surface area (Å²) in [6.07, 6.45) is 0. The monoisotopic (exact) mass is 383 g/mol. The van der Waals surface area contributed by atoms with Crippen molar-refractivity contribution in [3.05, 3.63) is 60.2 Å². The largest absolute Gasteiger partial charge is 0.478 e. The van der Waals surface area contributed by atoms with Crippen LogP contribution in [-0.4, -0.2) is 29.5 Å². The zero-order valence-corrected chi connectivity index (χ0v) is 14.5. The van der Waals surface area contributed by atoms with Gasteiger partial charge in [0.05, 0.1) is 21.5 Å². The number of carbonyl (C=O) groups is 1. The molecule has 2 aromatic heterocycles. The summed E-state index contributed by atoms with van der Waals surface area (Å²) in [5, 5.41) is 14.1. The van der Waals surface area contributed by atoms with E-state index in [1.807, 2.05) is 0 Å². The van der Waals surface area contributed by atoms with Crippen LogP contribution in [0.5, 0.6) is 0 Å². The highest BCUT2D eigenvalue weighted by atomic mass is 32.2. The Bertz CT molecular complexity index is 1270. The highest BCUT2D eigenvalue weighted by molar-refractivity contribution is 7.89. The molecule has 0 saturated heterocycles. The molecule has 4 rings (SSSR count). The number of nitrogens with one attached hydrogen (secondary N) is 1. The Morgan fingerprint density at radius 3 is 2.41 bits per heavy atom. The van der Waals surface area contributed by atoms with Gasteiger partial charge in [-0.2, -0.15) is 0 Å². The number of carboxylic acid groups (broad SMARTS) is 1. The number of fused-ring (bicyclic) bond motifs is 1. The minimum atomic E-state index is -3.80. The molecule has 0 atom stereocenters. The molecule has 0 amide bonds. The van der Waals surface area contributed by atoms with Crippen LogP contribution >= 0.6 is 0 Å². The van der Waals surface area contributed by atoms with Crippen molar-refractivity contribution in [1.29, 1.82) is 0 Å². The summed E-state index contributed by atoms with van der Waals surface area (Å²) >= 11 is 0. The van der Waals surface area contributed by atoms with Crippen molar-refractivity contribution in [1.82, 2.24) is 9.97 Å². The number of benzene rings is 2. The summed E-state index contributed by atoms with van der Waals surface area (Å²) in [4.78, 5) is 18.3. The van der Waals surface area contributed by atoms with Crippen molar-refractivity contribution >= 4 is 27.0 Å². The number of hydrogen-bond donors (Lipinski definition) is 3. The molecule has 0 bridgehead atoms.